The Kier molecular flexibility index (Phi) is 4.92. The van der Waals surface area contributed by atoms with Gasteiger partial charge in [0.25, 0.3) is 0 Å². The minimum Gasteiger partial charge on any atom is -0.311 e. The maximum absolute atomic E-state index is 4.81. The molecule has 1 aromatic rings. The van der Waals surface area contributed by atoms with E-state index in [1.54, 1.807) is 0 Å². The van der Waals surface area contributed by atoms with E-state index in [0.29, 0.717) is 6.04 Å². The fourth-order valence-electron chi connectivity index (χ4n) is 2.93. The van der Waals surface area contributed by atoms with Gasteiger partial charge in [0.1, 0.15) is 0 Å². The lowest BCUT2D eigenvalue weighted by Crippen LogP contribution is -2.43. The van der Waals surface area contributed by atoms with Gasteiger partial charge in [-0.05, 0) is 39.7 Å². The number of rotatable bonds is 6. The van der Waals surface area contributed by atoms with Gasteiger partial charge >= 0.3 is 0 Å². The van der Waals surface area contributed by atoms with Crippen molar-refractivity contribution in [2.45, 2.75) is 71.4 Å². The van der Waals surface area contributed by atoms with Gasteiger partial charge in [0.2, 0.25) is 0 Å². The second-order valence-electron chi connectivity index (χ2n) is 7.86. The Balaban J connectivity index is 1.99. The van der Waals surface area contributed by atoms with Crippen molar-refractivity contribution in [1.82, 2.24) is 15.1 Å². The molecule has 0 bridgehead atoms. The molecule has 1 aliphatic rings. The summed E-state index contributed by atoms with van der Waals surface area (Å²) in [4.78, 5) is 0. The third-order valence-electron chi connectivity index (χ3n) is 4.46. The van der Waals surface area contributed by atoms with E-state index in [-0.39, 0.29) is 11.0 Å². The van der Waals surface area contributed by atoms with Gasteiger partial charge < -0.3 is 5.32 Å². The molecule has 1 saturated carbocycles. The van der Waals surface area contributed by atoms with Gasteiger partial charge in [-0.3, -0.25) is 4.68 Å². The number of aromatic nitrogens is 2. The van der Waals surface area contributed by atoms with Crippen molar-refractivity contribution in [2.75, 3.05) is 6.54 Å². The van der Waals surface area contributed by atoms with Crippen LogP contribution in [0.3, 0.4) is 0 Å². The molecule has 0 amide bonds. The van der Waals surface area contributed by atoms with E-state index in [2.05, 4.69) is 62.6 Å². The number of hydrogen-bond donors (Lipinski definition) is 1. The van der Waals surface area contributed by atoms with Gasteiger partial charge in [-0.25, -0.2) is 0 Å². The van der Waals surface area contributed by atoms with E-state index in [1.807, 2.05) is 0 Å². The topological polar surface area (TPSA) is 29.9 Å². The van der Waals surface area contributed by atoms with Crippen LogP contribution in [0.2, 0.25) is 0 Å². The molecule has 0 aromatic carbocycles. The van der Waals surface area contributed by atoms with Crippen LogP contribution < -0.4 is 5.32 Å². The first kappa shape index (κ1) is 16.3. The van der Waals surface area contributed by atoms with E-state index in [0.717, 1.165) is 13.0 Å². The quantitative estimate of drug-likeness (QED) is 0.798. The van der Waals surface area contributed by atoms with Gasteiger partial charge in [0.15, 0.2) is 0 Å². The molecular formula is C18H31N3. The van der Waals surface area contributed by atoms with E-state index < -0.39 is 0 Å². The van der Waals surface area contributed by atoms with Gasteiger partial charge in [-0.1, -0.05) is 25.8 Å². The van der Waals surface area contributed by atoms with Crippen molar-refractivity contribution in [2.24, 2.45) is 5.41 Å². The average molecular weight is 289 g/mol. The molecule has 1 N–H and O–H groups in total. The van der Waals surface area contributed by atoms with Crippen LogP contribution in [-0.2, 0) is 6.42 Å². The molecular weight excluding hydrogens is 258 g/mol. The predicted molar refractivity (Wildman–Crippen MR) is 89.5 cm³/mol. The lowest BCUT2D eigenvalue weighted by molar-refractivity contribution is 0.319. The maximum Gasteiger partial charge on any atom is 0.0633 e. The summed E-state index contributed by atoms with van der Waals surface area (Å²) in [6, 6.07) is 2.80. The summed E-state index contributed by atoms with van der Waals surface area (Å²) in [6.07, 6.45) is 10.4. The van der Waals surface area contributed by atoms with Crippen molar-refractivity contribution in [3.05, 3.63) is 30.6 Å². The van der Waals surface area contributed by atoms with Gasteiger partial charge in [-0.2, -0.15) is 5.10 Å². The lowest BCUT2D eigenvalue weighted by Gasteiger charge is -2.30. The largest absolute Gasteiger partial charge is 0.311 e. The second kappa shape index (κ2) is 6.35. The Labute approximate surface area is 129 Å². The molecule has 1 atom stereocenters. The van der Waals surface area contributed by atoms with Gasteiger partial charge in [-0.15, -0.1) is 6.58 Å². The minimum atomic E-state index is 0.0438. The number of nitrogens with one attached hydrogen (secondary N) is 1. The molecule has 3 nitrogen and oxygen atoms in total. The molecule has 1 fully saturated rings. The third kappa shape index (κ3) is 4.70. The van der Waals surface area contributed by atoms with Crippen molar-refractivity contribution < 1.29 is 0 Å². The van der Waals surface area contributed by atoms with E-state index in [4.69, 9.17) is 5.10 Å². The summed E-state index contributed by atoms with van der Waals surface area (Å²) >= 11 is 0. The zero-order chi connectivity index (χ0) is 15.5. The lowest BCUT2D eigenvalue weighted by atomic mass is 9.84. The maximum atomic E-state index is 4.81. The highest BCUT2D eigenvalue weighted by Gasteiger charge is 2.25. The van der Waals surface area contributed by atoms with Crippen LogP contribution in [0.4, 0.5) is 0 Å². The molecule has 0 aliphatic heterocycles. The van der Waals surface area contributed by atoms with E-state index in [9.17, 15) is 0 Å². The molecule has 0 radical (unpaired) electrons. The fourth-order valence-corrected chi connectivity index (χ4v) is 2.93. The summed E-state index contributed by atoms with van der Waals surface area (Å²) in [5, 5.41) is 8.40. The SMILES string of the molecule is C=CC(C)(CNC(C)(C)C)Cc1ccn(C2CCCC2)n1. The van der Waals surface area contributed by atoms with E-state index in [1.165, 1.54) is 31.4 Å². The van der Waals surface area contributed by atoms with Crippen LogP contribution in [0, 0.1) is 5.41 Å². The van der Waals surface area contributed by atoms with Crippen molar-refractivity contribution >= 4 is 0 Å². The van der Waals surface area contributed by atoms with Gasteiger partial charge in [0, 0.05) is 30.1 Å². The van der Waals surface area contributed by atoms with Crippen LogP contribution in [0.15, 0.2) is 24.9 Å². The first-order chi connectivity index (χ1) is 9.81. The molecule has 118 valence electrons. The van der Waals surface area contributed by atoms with Crippen LogP contribution in [0.5, 0.6) is 0 Å². The molecule has 21 heavy (non-hydrogen) atoms. The van der Waals surface area contributed by atoms with Crippen molar-refractivity contribution in [3.63, 3.8) is 0 Å². The predicted octanol–water partition coefficient (Wildman–Crippen LogP) is 4.12. The van der Waals surface area contributed by atoms with Crippen LogP contribution >= 0.6 is 0 Å². The Morgan fingerprint density at radius 1 is 1.33 bits per heavy atom. The molecule has 1 unspecified atom stereocenters. The third-order valence-corrected chi connectivity index (χ3v) is 4.46. The molecule has 0 spiro atoms. The first-order valence-corrected chi connectivity index (χ1v) is 8.24. The zero-order valence-electron chi connectivity index (χ0n) is 14.2. The fraction of sp³-hybridized carbons (Fsp3) is 0.722. The summed E-state index contributed by atoms with van der Waals surface area (Å²) in [5.74, 6) is 0. The van der Waals surface area contributed by atoms with Crippen LogP contribution in [0.1, 0.15) is 65.1 Å². The van der Waals surface area contributed by atoms with Crippen molar-refractivity contribution in [3.8, 4) is 0 Å². The molecule has 1 aromatic heterocycles. The van der Waals surface area contributed by atoms with Gasteiger partial charge in [0.05, 0.1) is 11.7 Å². The monoisotopic (exact) mass is 289 g/mol. The number of nitrogens with zero attached hydrogens (tertiary/aromatic N) is 2. The summed E-state index contributed by atoms with van der Waals surface area (Å²) in [7, 11) is 0. The molecule has 1 heterocycles. The Hall–Kier alpha value is -1.09. The summed E-state index contributed by atoms with van der Waals surface area (Å²) in [6.45, 7) is 13.8. The van der Waals surface area contributed by atoms with Crippen LogP contribution in [0.25, 0.3) is 0 Å². The Morgan fingerprint density at radius 2 is 2.00 bits per heavy atom. The highest BCUT2D eigenvalue weighted by atomic mass is 15.3. The molecule has 2 rings (SSSR count). The highest BCUT2D eigenvalue weighted by Crippen LogP contribution is 2.30. The number of hydrogen-bond acceptors (Lipinski definition) is 2. The van der Waals surface area contributed by atoms with Crippen LogP contribution in [-0.4, -0.2) is 21.9 Å². The normalized spacial score (nSPS) is 19.6. The molecule has 3 heteroatoms. The summed E-state index contributed by atoms with van der Waals surface area (Å²) in [5.41, 5.74) is 1.36. The standard InChI is InChI=1S/C18H31N3/c1-6-18(5,14-19-17(2,3)4)13-15-11-12-21(20-15)16-9-7-8-10-16/h6,11-12,16,19H,1,7-10,13-14H2,2-5H3. The second-order valence-corrected chi connectivity index (χ2v) is 7.86. The minimum absolute atomic E-state index is 0.0438. The molecule has 0 saturated heterocycles. The smallest absolute Gasteiger partial charge is 0.0633 e. The Bertz CT molecular complexity index is 463. The van der Waals surface area contributed by atoms with E-state index >= 15 is 0 Å². The summed E-state index contributed by atoms with van der Waals surface area (Å²) < 4.78 is 2.18. The first-order valence-electron chi connectivity index (χ1n) is 8.24. The van der Waals surface area contributed by atoms with Crippen molar-refractivity contribution in [1.29, 1.82) is 0 Å². The molecule has 1 aliphatic carbocycles. The Morgan fingerprint density at radius 3 is 2.57 bits per heavy atom. The average Bonchev–Trinajstić information content (AvgIpc) is 3.06. The highest BCUT2D eigenvalue weighted by molar-refractivity contribution is 5.08. The zero-order valence-corrected chi connectivity index (χ0v) is 14.2.